The fraction of sp³-hybridized carbons (Fsp3) is 0.769. The van der Waals surface area contributed by atoms with Crippen LogP contribution in [-0.4, -0.2) is 36.2 Å². The first-order valence-electron chi connectivity index (χ1n) is 6.54. The first-order valence-corrected chi connectivity index (χ1v) is 6.54. The van der Waals surface area contributed by atoms with Crippen molar-refractivity contribution in [3.8, 4) is 0 Å². The maximum Gasteiger partial charge on any atom is 0.408 e. The molecule has 2 atom stereocenters. The van der Waals surface area contributed by atoms with Crippen LogP contribution in [0.15, 0.2) is 0 Å². The van der Waals surface area contributed by atoms with E-state index in [4.69, 9.17) is 4.74 Å². The van der Waals surface area contributed by atoms with Gasteiger partial charge in [-0.15, -0.1) is 0 Å². The fourth-order valence-corrected chi connectivity index (χ4v) is 1.41. The van der Waals surface area contributed by atoms with E-state index < -0.39 is 36.2 Å². The van der Waals surface area contributed by atoms with Crippen LogP contribution in [-0.2, 0) is 14.3 Å². The molecule has 0 heterocycles. The molecule has 0 aliphatic heterocycles. The third kappa shape index (κ3) is 7.60. The van der Waals surface area contributed by atoms with Gasteiger partial charge in [-0.05, 0) is 26.7 Å². The van der Waals surface area contributed by atoms with E-state index in [0.717, 1.165) is 0 Å². The van der Waals surface area contributed by atoms with Crippen molar-refractivity contribution in [2.75, 3.05) is 6.54 Å². The molecular formula is C13H23N2O5-. The summed E-state index contributed by atoms with van der Waals surface area (Å²) in [6.45, 7) is 8.17. The maximum atomic E-state index is 11.9. The van der Waals surface area contributed by atoms with Crippen molar-refractivity contribution in [3.63, 3.8) is 0 Å². The Morgan fingerprint density at radius 2 is 1.80 bits per heavy atom. The van der Waals surface area contributed by atoms with Gasteiger partial charge in [-0.2, -0.15) is 0 Å². The van der Waals surface area contributed by atoms with Gasteiger partial charge in [-0.1, -0.05) is 20.3 Å². The number of nitrogens with one attached hydrogen (secondary N) is 2. The molecule has 0 rings (SSSR count). The zero-order valence-electron chi connectivity index (χ0n) is 12.6. The van der Waals surface area contributed by atoms with E-state index in [-0.39, 0.29) is 5.92 Å². The zero-order valence-corrected chi connectivity index (χ0v) is 12.6. The van der Waals surface area contributed by atoms with Gasteiger partial charge in [-0.25, -0.2) is 4.79 Å². The second kappa shape index (κ2) is 7.72. The normalized spacial score (nSPS) is 14.1. The zero-order chi connectivity index (χ0) is 15.9. The second-order valence-electron chi connectivity index (χ2n) is 5.60. The predicted molar refractivity (Wildman–Crippen MR) is 70.6 cm³/mol. The van der Waals surface area contributed by atoms with Gasteiger partial charge < -0.3 is 25.3 Å². The maximum absolute atomic E-state index is 11.9. The third-order valence-electron chi connectivity index (χ3n) is 2.57. The molecule has 0 aliphatic rings. The highest BCUT2D eigenvalue weighted by molar-refractivity contribution is 5.88. The van der Waals surface area contributed by atoms with Gasteiger partial charge in [0.25, 0.3) is 0 Å². The lowest BCUT2D eigenvalue weighted by Gasteiger charge is -2.26. The van der Waals surface area contributed by atoms with Crippen LogP contribution in [0.2, 0.25) is 0 Å². The molecule has 0 saturated carbocycles. The van der Waals surface area contributed by atoms with Crippen molar-refractivity contribution in [2.24, 2.45) is 5.92 Å². The molecule has 0 aliphatic carbocycles. The molecule has 0 aromatic carbocycles. The fourth-order valence-electron chi connectivity index (χ4n) is 1.41. The van der Waals surface area contributed by atoms with E-state index in [0.29, 0.717) is 6.42 Å². The van der Waals surface area contributed by atoms with Crippen molar-refractivity contribution >= 4 is 18.0 Å². The average molecular weight is 287 g/mol. The summed E-state index contributed by atoms with van der Waals surface area (Å²) in [7, 11) is 0. The average Bonchev–Trinajstić information content (AvgIpc) is 2.29. The van der Waals surface area contributed by atoms with Crippen LogP contribution in [0.4, 0.5) is 4.79 Å². The standard InChI is InChI=1S/C13H24N2O5/c1-6-8(2)10(11(18)14-7-9(16)17)15-12(19)20-13(3,4)5/h8,10H,6-7H2,1-5H3,(H,14,18)(H,15,19)(H,16,17)/p-1/t8-,10-/m0/s1. The molecule has 0 radical (unpaired) electrons. The van der Waals surface area contributed by atoms with Crippen LogP contribution in [0.3, 0.4) is 0 Å². The van der Waals surface area contributed by atoms with E-state index in [1.165, 1.54) is 0 Å². The van der Waals surface area contributed by atoms with Gasteiger partial charge in [0.1, 0.15) is 11.6 Å². The molecule has 0 aromatic rings. The topological polar surface area (TPSA) is 108 Å². The summed E-state index contributed by atoms with van der Waals surface area (Å²) < 4.78 is 5.08. The smallest absolute Gasteiger partial charge is 0.408 e. The minimum atomic E-state index is -1.39. The number of carbonyl (C=O) groups is 3. The van der Waals surface area contributed by atoms with E-state index >= 15 is 0 Å². The van der Waals surface area contributed by atoms with Crippen molar-refractivity contribution in [3.05, 3.63) is 0 Å². The van der Waals surface area contributed by atoms with E-state index in [9.17, 15) is 19.5 Å². The molecule has 2 amide bonds. The molecule has 7 heteroatoms. The number of carboxylic acids is 1. The molecular weight excluding hydrogens is 264 g/mol. The van der Waals surface area contributed by atoms with Gasteiger partial charge in [0, 0.05) is 0 Å². The van der Waals surface area contributed by atoms with Crippen molar-refractivity contribution in [2.45, 2.75) is 52.7 Å². The lowest BCUT2D eigenvalue weighted by Crippen LogP contribution is -2.53. The van der Waals surface area contributed by atoms with Crippen molar-refractivity contribution in [1.82, 2.24) is 10.6 Å². The molecule has 0 bridgehead atoms. The van der Waals surface area contributed by atoms with Crippen LogP contribution in [0, 0.1) is 5.92 Å². The largest absolute Gasteiger partial charge is 0.548 e. The van der Waals surface area contributed by atoms with Crippen LogP contribution in [0.25, 0.3) is 0 Å². The van der Waals surface area contributed by atoms with Crippen LogP contribution in [0.5, 0.6) is 0 Å². The van der Waals surface area contributed by atoms with Crippen molar-refractivity contribution in [1.29, 1.82) is 0 Å². The lowest BCUT2D eigenvalue weighted by atomic mass is 9.98. The highest BCUT2D eigenvalue weighted by Gasteiger charge is 2.27. The van der Waals surface area contributed by atoms with Gasteiger partial charge in [0.2, 0.25) is 5.91 Å². The van der Waals surface area contributed by atoms with Gasteiger partial charge >= 0.3 is 6.09 Å². The monoisotopic (exact) mass is 287 g/mol. The summed E-state index contributed by atoms with van der Waals surface area (Å²) in [5.41, 5.74) is -0.675. The Kier molecular flexibility index (Phi) is 7.02. The molecule has 116 valence electrons. The highest BCUT2D eigenvalue weighted by atomic mass is 16.6. The Labute approximate surface area is 119 Å². The summed E-state index contributed by atoms with van der Waals surface area (Å²) in [5.74, 6) is -2.13. The van der Waals surface area contributed by atoms with Gasteiger partial charge in [0.15, 0.2) is 0 Å². The van der Waals surface area contributed by atoms with Crippen molar-refractivity contribution < 1.29 is 24.2 Å². The molecule has 2 N–H and O–H groups in total. The summed E-state index contributed by atoms with van der Waals surface area (Å²) in [5, 5.41) is 15.0. The Morgan fingerprint density at radius 3 is 2.20 bits per heavy atom. The summed E-state index contributed by atoms with van der Waals surface area (Å²) in [6, 6.07) is -0.853. The first kappa shape index (κ1) is 18.2. The number of carboxylic acid groups (broad SMARTS) is 1. The predicted octanol–water partition coefficient (Wildman–Crippen LogP) is -0.208. The molecule has 20 heavy (non-hydrogen) atoms. The van der Waals surface area contributed by atoms with E-state index in [1.807, 2.05) is 6.92 Å². The Bertz CT molecular complexity index is 362. The molecule has 0 aromatic heterocycles. The molecule has 0 spiro atoms. The Hall–Kier alpha value is -1.79. The lowest BCUT2D eigenvalue weighted by molar-refractivity contribution is -0.304. The molecule has 0 unspecified atom stereocenters. The number of hydrogen-bond acceptors (Lipinski definition) is 5. The molecule has 0 saturated heterocycles. The van der Waals surface area contributed by atoms with Crippen LogP contribution >= 0.6 is 0 Å². The molecule has 0 fully saturated rings. The number of aliphatic carboxylic acids is 1. The quantitative estimate of drug-likeness (QED) is 0.703. The van der Waals surface area contributed by atoms with Crippen LogP contribution < -0.4 is 15.7 Å². The Balaban J connectivity index is 4.68. The van der Waals surface area contributed by atoms with Crippen LogP contribution in [0.1, 0.15) is 41.0 Å². The SMILES string of the molecule is CC[C@H](C)[C@H](NC(=O)OC(C)(C)C)C(=O)NCC(=O)[O-]. The number of alkyl carbamates (subject to hydrolysis) is 1. The third-order valence-corrected chi connectivity index (χ3v) is 2.57. The number of carbonyl (C=O) groups excluding carboxylic acids is 3. The summed E-state index contributed by atoms with van der Waals surface area (Å²) >= 11 is 0. The number of amides is 2. The van der Waals surface area contributed by atoms with Gasteiger partial charge in [-0.3, -0.25) is 4.79 Å². The minimum absolute atomic E-state index is 0.163. The number of ether oxygens (including phenoxy) is 1. The number of rotatable bonds is 6. The highest BCUT2D eigenvalue weighted by Crippen LogP contribution is 2.11. The minimum Gasteiger partial charge on any atom is -0.548 e. The van der Waals surface area contributed by atoms with E-state index in [1.54, 1.807) is 27.7 Å². The van der Waals surface area contributed by atoms with Gasteiger partial charge in [0.05, 0.1) is 12.5 Å². The summed E-state index contributed by atoms with van der Waals surface area (Å²) in [6.07, 6.45) is -0.0782. The van der Waals surface area contributed by atoms with E-state index in [2.05, 4.69) is 10.6 Å². The molecule has 7 nitrogen and oxygen atoms in total. The second-order valence-corrected chi connectivity index (χ2v) is 5.60. The Morgan fingerprint density at radius 1 is 1.25 bits per heavy atom. The number of hydrogen-bond donors (Lipinski definition) is 2. The first-order chi connectivity index (χ1) is 9.06. The summed E-state index contributed by atoms with van der Waals surface area (Å²) in [4.78, 5) is 33.9.